The minimum Gasteiger partial charge on any atom is -0.411 e. The third-order valence-corrected chi connectivity index (χ3v) is 3.94. The molecule has 13 heavy (non-hydrogen) atoms. The topological polar surface area (TPSA) is 32.6 Å². The molecule has 0 aliphatic heterocycles. The highest BCUT2D eigenvalue weighted by molar-refractivity contribution is 5.84. The number of rotatable bonds is 0. The molecule has 2 nitrogen and oxygen atoms in total. The molecule has 1 spiro atoms. The van der Waals surface area contributed by atoms with Gasteiger partial charge in [-0.3, -0.25) is 0 Å². The SMILES string of the molecule is ON=C1CCC2(CCCCC2)CC1. The zero-order chi connectivity index (χ0) is 9.15. The van der Waals surface area contributed by atoms with Crippen LogP contribution in [0.3, 0.4) is 0 Å². The Balaban J connectivity index is 1.95. The fourth-order valence-electron chi connectivity index (χ4n) is 2.97. The standard InChI is InChI=1S/C11H19NO/c13-12-10-4-8-11(9-5-10)6-2-1-3-7-11/h13H,1-9H2. The van der Waals surface area contributed by atoms with E-state index in [1.165, 1.54) is 44.9 Å². The van der Waals surface area contributed by atoms with Gasteiger partial charge in [0.1, 0.15) is 0 Å². The summed E-state index contributed by atoms with van der Waals surface area (Å²) in [6, 6.07) is 0. The van der Waals surface area contributed by atoms with E-state index in [1.807, 2.05) is 0 Å². The van der Waals surface area contributed by atoms with E-state index in [2.05, 4.69) is 5.16 Å². The predicted octanol–water partition coefficient (Wildman–Crippen LogP) is 3.34. The van der Waals surface area contributed by atoms with Gasteiger partial charge in [0.2, 0.25) is 0 Å². The molecule has 0 aromatic rings. The maximum absolute atomic E-state index is 8.67. The van der Waals surface area contributed by atoms with Gasteiger partial charge in [0.05, 0.1) is 5.71 Å². The molecule has 0 radical (unpaired) electrons. The lowest BCUT2D eigenvalue weighted by Gasteiger charge is -2.40. The lowest BCUT2D eigenvalue weighted by molar-refractivity contribution is 0.151. The molecule has 2 aliphatic rings. The molecule has 2 rings (SSSR count). The number of hydrogen-bond acceptors (Lipinski definition) is 2. The highest BCUT2D eigenvalue weighted by atomic mass is 16.4. The summed E-state index contributed by atoms with van der Waals surface area (Å²) in [5.41, 5.74) is 1.67. The van der Waals surface area contributed by atoms with E-state index >= 15 is 0 Å². The monoisotopic (exact) mass is 181 g/mol. The first-order valence-electron chi connectivity index (χ1n) is 5.54. The van der Waals surface area contributed by atoms with Gasteiger partial charge in [0.25, 0.3) is 0 Å². The van der Waals surface area contributed by atoms with Crippen LogP contribution in [0, 0.1) is 5.41 Å². The molecule has 0 saturated heterocycles. The van der Waals surface area contributed by atoms with Gasteiger partial charge >= 0.3 is 0 Å². The Morgan fingerprint density at radius 2 is 1.54 bits per heavy atom. The van der Waals surface area contributed by atoms with Crippen molar-refractivity contribution in [2.24, 2.45) is 10.6 Å². The second kappa shape index (κ2) is 3.69. The molecule has 0 aromatic carbocycles. The molecule has 0 bridgehead atoms. The fourth-order valence-corrected chi connectivity index (χ4v) is 2.97. The Morgan fingerprint density at radius 1 is 0.923 bits per heavy atom. The summed E-state index contributed by atoms with van der Waals surface area (Å²) >= 11 is 0. The van der Waals surface area contributed by atoms with Gasteiger partial charge in [-0.05, 0) is 43.9 Å². The van der Waals surface area contributed by atoms with Crippen molar-refractivity contribution in [3.8, 4) is 0 Å². The largest absolute Gasteiger partial charge is 0.411 e. The number of hydrogen-bond donors (Lipinski definition) is 1. The molecule has 0 atom stereocenters. The molecule has 0 amide bonds. The van der Waals surface area contributed by atoms with Gasteiger partial charge in [0, 0.05) is 0 Å². The zero-order valence-electron chi connectivity index (χ0n) is 8.26. The van der Waals surface area contributed by atoms with E-state index in [-0.39, 0.29) is 0 Å². The van der Waals surface area contributed by atoms with Crippen molar-refractivity contribution in [1.82, 2.24) is 0 Å². The van der Waals surface area contributed by atoms with Crippen LogP contribution in [0.15, 0.2) is 5.16 Å². The van der Waals surface area contributed by atoms with Gasteiger partial charge in [-0.25, -0.2) is 0 Å². The van der Waals surface area contributed by atoms with Gasteiger partial charge in [-0.1, -0.05) is 24.4 Å². The quantitative estimate of drug-likeness (QED) is 0.451. The maximum Gasteiger partial charge on any atom is 0.0571 e. The van der Waals surface area contributed by atoms with Crippen LogP contribution in [-0.2, 0) is 0 Å². The second-order valence-electron chi connectivity index (χ2n) is 4.73. The van der Waals surface area contributed by atoms with Crippen LogP contribution in [0.2, 0.25) is 0 Å². The van der Waals surface area contributed by atoms with Crippen molar-refractivity contribution >= 4 is 5.71 Å². The Kier molecular flexibility index (Phi) is 2.56. The summed E-state index contributed by atoms with van der Waals surface area (Å²) in [5.74, 6) is 0. The molecule has 2 heteroatoms. The fraction of sp³-hybridized carbons (Fsp3) is 0.909. The van der Waals surface area contributed by atoms with Gasteiger partial charge in [0.15, 0.2) is 0 Å². The highest BCUT2D eigenvalue weighted by Crippen LogP contribution is 2.46. The van der Waals surface area contributed by atoms with Crippen molar-refractivity contribution in [2.75, 3.05) is 0 Å². The molecule has 0 heterocycles. The minimum absolute atomic E-state index is 0.645. The van der Waals surface area contributed by atoms with E-state index in [0.717, 1.165) is 18.6 Å². The van der Waals surface area contributed by atoms with Crippen LogP contribution in [0.4, 0.5) is 0 Å². The highest BCUT2D eigenvalue weighted by Gasteiger charge is 2.34. The Morgan fingerprint density at radius 3 is 2.08 bits per heavy atom. The Labute approximate surface area is 80.0 Å². The number of oxime groups is 1. The summed E-state index contributed by atoms with van der Waals surface area (Å²) in [4.78, 5) is 0. The van der Waals surface area contributed by atoms with Gasteiger partial charge in [-0.15, -0.1) is 0 Å². The summed E-state index contributed by atoms with van der Waals surface area (Å²) in [7, 11) is 0. The van der Waals surface area contributed by atoms with E-state index in [9.17, 15) is 0 Å². The summed E-state index contributed by atoms with van der Waals surface area (Å²) in [6.07, 6.45) is 11.7. The molecular weight excluding hydrogens is 162 g/mol. The van der Waals surface area contributed by atoms with Crippen LogP contribution in [0.5, 0.6) is 0 Å². The van der Waals surface area contributed by atoms with E-state index in [0.29, 0.717) is 5.41 Å². The average Bonchev–Trinajstić information content (AvgIpc) is 2.20. The lowest BCUT2D eigenvalue weighted by atomic mass is 9.65. The molecule has 74 valence electrons. The third kappa shape index (κ3) is 1.87. The van der Waals surface area contributed by atoms with Crippen LogP contribution < -0.4 is 0 Å². The van der Waals surface area contributed by atoms with Crippen LogP contribution in [-0.4, -0.2) is 10.9 Å². The molecule has 1 N–H and O–H groups in total. The Hall–Kier alpha value is -0.530. The smallest absolute Gasteiger partial charge is 0.0571 e. The van der Waals surface area contributed by atoms with Crippen LogP contribution in [0.25, 0.3) is 0 Å². The first-order chi connectivity index (χ1) is 6.35. The maximum atomic E-state index is 8.67. The summed E-state index contributed by atoms with van der Waals surface area (Å²) in [6.45, 7) is 0. The van der Waals surface area contributed by atoms with Crippen molar-refractivity contribution in [2.45, 2.75) is 57.8 Å². The third-order valence-electron chi connectivity index (χ3n) is 3.94. The average molecular weight is 181 g/mol. The van der Waals surface area contributed by atoms with Crippen molar-refractivity contribution in [3.05, 3.63) is 0 Å². The molecule has 0 unspecified atom stereocenters. The molecule has 2 saturated carbocycles. The Bertz CT molecular complexity index is 192. The first-order valence-corrected chi connectivity index (χ1v) is 5.54. The van der Waals surface area contributed by atoms with E-state index < -0.39 is 0 Å². The van der Waals surface area contributed by atoms with E-state index in [4.69, 9.17) is 5.21 Å². The molecular formula is C11H19NO. The summed E-state index contributed by atoms with van der Waals surface area (Å²) in [5, 5.41) is 12.0. The van der Waals surface area contributed by atoms with E-state index in [1.54, 1.807) is 0 Å². The van der Waals surface area contributed by atoms with Crippen molar-refractivity contribution in [1.29, 1.82) is 0 Å². The predicted molar refractivity (Wildman–Crippen MR) is 53.2 cm³/mol. The van der Waals surface area contributed by atoms with Crippen molar-refractivity contribution in [3.63, 3.8) is 0 Å². The lowest BCUT2D eigenvalue weighted by Crippen LogP contribution is -2.29. The van der Waals surface area contributed by atoms with Crippen molar-refractivity contribution < 1.29 is 5.21 Å². The van der Waals surface area contributed by atoms with Crippen LogP contribution >= 0.6 is 0 Å². The first kappa shape index (κ1) is 9.04. The second-order valence-corrected chi connectivity index (χ2v) is 4.73. The van der Waals surface area contributed by atoms with Gasteiger partial charge < -0.3 is 5.21 Å². The molecule has 2 aliphatic carbocycles. The minimum atomic E-state index is 0.645. The number of nitrogens with zero attached hydrogens (tertiary/aromatic N) is 1. The zero-order valence-corrected chi connectivity index (χ0v) is 8.26. The molecule has 0 aromatic heterocycles. The normalized spacial score (nSPS) is 27.5. The molecule has 2 fully saturated rings. The van der Waals surface area contributed by atoms with Gasteiger partial charge in [-0.2, -0.15) is 0 Å². The van der Waals surface area contributed by atoms with Crippen LogP contribution in [0.1, 0.15) is 57.8 Å². The summed E-state index contributed by atoms with van der Waals surface area (Å²) < 4.78 is 0.